The Morgan fingerprint density at radius 3 is 2.67 bits per heavy atom. The summed E-state index contributed by atoms with van der Waals surface area (Å²) < 4.78 is 2.91. The van der Waals surface area contributed by atoms with Crippen molar-refractivity contribution < 1.29 is 0 Å². The van der Waals surface area contributed by atoms with Gasteiger partial charge in [-0.05, 0) is 37.0 Å². The van der Waals surface area contributed by atoms with Gasteiger partial charge in [-0.25, -0.2) is 0 Å². The number of nitrogens with zero attached hydrogens (tertiary/aromatic N) is 2. The maximum Gasteiger partial charge on any atom is 0.195 e. The lowest BCUT2D eigenvalue weighted by Crippen LogP contribution is -2.16. The van der Waals surface area contributed by atoms with Crippen LogP contribution in [0.3, 0.4) is 0 Å². The van der Waals surface area contributed by atoms with Gasteiger partial charge in [0.05, 0.1) is 5.41 Å². The van der Waals surface area contributed by atoms with E-state index in [9.17, 15) is 0 Å². The van der Waals surface area contributed by atoms with Gasteiger partial charge in [-0.2, -0.15) is 5.10 Å². The van der Waals surface area contributed by atoms with Crippen molar-refractivity contribution in [2.75, 3.05) is 0 Å². The highest BCUT2D eigenvalue weighted by Crippen LogP contribution is 2.52. The van der Waals surface area contributed by atoms with Gasteiger partial charge < -0.3 is 4.57 Å². The van der Waals surface area contributed by atoms with Gasteiger partial charge in [-0.1, -0.05) is 37.3 Å². The van der Waals surface area contributed by atoms with Gasteiger partial charge in [-0.3, -0.25) is 5.10 Å². The number of rotatable bonds is 4. The molecule has 1 saturated carbocycles. The molecule has 1 aromatic carbocycles. The summed E-state index contributed by atoms with van der Waals surface area (Å²) in [5.41, 5.74) is 1.46. The standard InChI is InChI=1S/C14H17N3S/c1-2-10-17-12(15-16-13(17)18)14(8-9-14)11-6-4-3-5-7-11/h3-7H,2,8-10H2,1H3,(H,16,18). The van der Waals surface area contributed by atoms with E-state index < -0.39 is 0 Å². The molecule has 0 bridgehead atoms. The summed E-state index contributed by atoms with van der Waals surface area (Å²) in [6.07, 6.45) is 3.41. The van der Waals surface area contributed by atoms with Crippen molar-refractivity contribution in [3.63, 3.8) is 0 Å². The molecule has 4 heteroatoms. The Bertz CT molecular complexity index is 593. The highest BCUT2D eigenvalue weighted by atomic mass is 32.1. The lowest BCUT2D eigenvalue weighted by Gasteiger charge is -2.16. The van der Waals surface area contributed by atoms with Crippen LogP contribution in [0.5, 0.6) is 0 Å². The Morgan fingerprint density at radius 2 is 2.06 bits per heavy atom. The molecule has 2 aromatic rings. The molecule has 3 rings (SSSR count). The molecule has 0 aliphatic heterocycles. The highest BCUT2D eigenvalue weighted by molar-refractivity contribution is 7.71. The van der Waals surface area contributed by atoms with Crippen LogP contribution in [0.1, 0.15) is 37.6 Å². The zero-order chi connectivity index (χ0) is 12.6. The van der Waals surface area contributed by atoms with E-state index in [0.717, 1.165) is 23.6 Å². The van der Waals surface area contributed by atoms with Crippen LogP contribution >= 0.6 is 12.2 Å². The lowest BCUT2D eigenvalue weighted by atomic mass is 9.95. The zero-order valence-corrected chi connectivity index (χ0v) is 11.3. The van der Waals surface area contributed by atoms with Crippen LogP contribution in [-0.2, 0) is 12.0 Å². The van der Waals surface area contributed by atoms with Crippen LogP contribution < -0.4 is 0 Å². The summed E-state index contributed by atoms with van der Waals surface area (Å²) in [6, 6.07) is 10.6. The molecular weight excluding hydrogens is 242 g/mol. The number of hydrogen-bond donors (Lipinski definition) is 1. The first kappa shape index (κ1) is 11.7. The second kappa shape index (κ2) is 4.35. The van der Waals surface area contributed by atoms with E-state index in [4.69, 9.17) is 12.2 Å². The smallest absolute Gasteiger partial charge is 0.195 e. The molecule has 0 atom stereocenters. The van der Waals surface area contributed by atoms with E-state index in [2.05, 4.69) is 52.0 Å². The van der Waals surface area contributed by atoms with Crippen molar-refractivity contribution >= 4 is 12.2 Å². The van der Waals surface area contributed by atoms with Crippen molar-refractivity contribution in [1.82, 2.24) is 14.8 Å². The molecule has 0 spiro atoms. The fraction of sp³-hybridized carbons (Fsp3) is 0.429. The van der Waals surface area contributed by atoms with Crippen molar-refractivity contribution in [1.29, 1.82) is 0 Å². The average Bonchev–Trinajstić information content (AvgIpc) is 3.13. The summed E-state index contributed by atoms with van der Waals surface area (Å²) in [5, 5.41) is 7.44. The molecule has 1 N–H and O–H groups in total. The molecule has 0 saturated heterocycles. The maximum atomic E-state index is 5.33. The fourth-order valence-electron chi connectivity index (χ4n) is 2.64. The second-order valence-corrected chi connectivity index (χ2v) is 5.34. The number of benzene rings is 1. The second-order valence-electron chi connectivity index (χ2n) is 4.95. The van der Waals surface area contributed by atoms with Gasteiger partial charge in [0.15, 0.2) is 4.77 Å². The molecule has 94 valence electrons. The van der Waals surface area contributed by atoms with E-state index in [-0.39, 0.29) is 5.41 Å². The van der Waals surface area contributed by atoms with Crippen molar-refractivity contribution in [3.05, 3.63) is 46.5 Å². The van der Waals surface area contributed by atoms with E-state index in [1.54, 1.807) is 0 Å². The van der Waals surface area contributed by atoms with Crippen molar-refractivity contribution in [3.8, 4) is 0 Å². The Hall–Kier alpha value is -1.42. The van der Waals surface area contributed by atoms with E-state index in [0.29, 0.717) is 0 Å². The molecule has 18 heavy (non-hydrogen) atoms. The number of H-pyrrole nitrogens is 1. The molecule has 1 aliphatic carbocycles. The summed E-state index contributed by atoms with van der Waals surface area (Å²) in [4.78, 5) is 0. The summed E-state index contributed by atoms with van der Waals surface area (Å²) in [5.74, 6) is 1.11. The monoisotopic (exact) mass is 259 g/mol. The molecule has 0 radical (unpaired) electrons. The van der Waals surface area contributed by atoms with Crippen LogP contribution in [0.15, 0.2) is 30.3 Å². The minimum atomic E-state index is 0.101. The third-order valence-electron chi connectivity index (χ3n) is 3.71. The molecule has 1 aliphatic rings. The molecule has 1 heterocycles. The topological polar surface area (TPSA) is 33.6 Å². The van der Waals surface area contributed by atoms with Gasteiger partial charge in [0.25, 0.3) is 0 Å². The first-order valence-corrected chi connectivity index (χ1v) is 6.90. The Morgan fingerprint density at radius 1 is 1.33 bits per heavy atom. The molecule has 1 aromatic heterocycles. The lowest BCUT2D eigenvalue weighted by molar-refractivity contribution is 0.596. The third-order valence-corrected chi connectivity index (χ3v) is 4.02. The van der Waals surface area contributed by atoms with Gasteiger partial charge in [-0.15, -0.1) is 0 Å². The van der Waals surface area contributed by atoms with Gasteiger partial charge >= 0.3 is 0 Å². The number of hydrogen-bond acceptors (Lipinski definition) is 2. The van der Waals surface area contributed by atoms with E-state index in [1.807, 2.05) is 0 Å². The fourth-order valence-corrected chi connectivity index (χ4v) is 2.86. The maximum absolute atomic E-state index is 5.33. The SMILES string of the molecule is CCCn1c(C2(c3ccccc3)CC2)n[nH]c1=S. The summed E-state index contributed by atoms with van der Waals surface area (Å²) >= 11 is 5.33. The number of nitrogens with one attached hydrogen (secondary N) is 1. The Balaban J connectivity index is 2.08. The van der Waals surface area contributed by atoms with Crippen molar-refractivity contribution in [2.45, 2.75) is 38.1 Å². The molecule has 3 nitrogen and oxygen atoms in total. The Kier molecular flexibility index (Phi) is 2.82. The van der Waals surface area contributed by atoms with Crippen LogP contribution in [0, 0.1) is 4.77 Å². The number of aromatic amines is 1. The quantitative estimate of drug-likeness (QED) is 0.853. The van der Waals surface area contributed by atoms with E-state index in [1.165, 1.54) is 18.4 Å². The normalized spacial score (nSPS) is 16.7. The highest BCUT2D eigenvalue weighted by Gasteiger charge is 2.49. The predicted octanol–water partition coefficient (Wildman–Crippen LogP) is 3.43. The van der Waals surface area contributed by atoms with Gasteiger partial charge in [0.2, 0.25) is 0 Å². The predicted molar refractivity (Wildman–Crippen MR) is 74.2 cm³/mol. The third kappa shape index (κ3) is 1.72. The van der Waals surface area contributed by atoms with Crippen LogP contribution in [0.4, 0.5) is 0 Å². The Labute approximate surface area is 112 Å². The van der Waals surface area contributed by atoms with Crippen LogP contribution in [0.25, 0.3) is 0 Å². The van der Waals surface area contributed by atoms with Crippen LogP contribution in [-0.4, -0.2) is 14.8 Å². The largest absolute Gasteiger partial charge is 0.303 e. The average molecular weight is 259 g/mol. The molecule has 0 amide bonds. The molecule has 1 fully saturated rings. The minimum absolute atomic E-state index is 0.101. The van der Waals surface area contributed by atoms with Crippen molar-refractivity contribution in [2.24, 2.45) is 0 Å². The molecule has 0 unspecified atom stereocenters. The number of aromatic nitrogens is 3. The first-order chi connectivity index (χ1) is 8.78. The summed E-state index contributed by atoms with van der Waals surface area (Å²) in [6.45, 7) is 3.11. The summed E-state index contributed by atoms with van der Waals surface area (Å²) in [7, 11) is 0. The van der Waals surface area contributed by atoms with E-state index >= 15 is 0 Å². The van der Waals surface area contributed by atoms with Gasteiger partial charge in [0.1, 0.15) is 5.82 Å². The minimum Gasteiger partial charge on any atom is -0.303 e. The van der Waals surface area contributed by atoms with Gasteiger partial charge in [0, 0.05) is 6.54 Å². The van der Waals surface area contributed by atoms with Crippen LogP contribution in [0.2, 0.25) is 0 Å². The first-order valence-electron chi connectivity index (χ1n) is 6.49. The molecular formula is C14H17N3S. The zero-order valence-electron chi connectivity index (χ0n) is 10.5.